The summed E-state index contributed by atoms with van der Waals surface area (Å²) < 4.78 is 12.4. The van der Waals surface area contributed by atoms with Crippen molar-refractivity contribution in [3.05, 3.63) is 71.5 Å². The van der Waals surface area contributed by atoms with E-state index >= 15 is 0 Å². The maximum absolute atomic E-state index is 12.3. The summed E-state index contributed by atoms with van der Waals surface area (Å²) in [6.07, 6.45) is 2.46. The first-order valence-electron chi connectivity index (χ1n) is 11.8. The summed E-state index contributed by atoms with van der Waals surface area (Å²) in [6.45, 7) is 7.36. The van der Waals surface area contributed by atoms with E-state index in [1.165, 1.54) is 11.1 Å². The van der Waals surface area contributed by atoms with Crippen molar-refractivity contribution in [2.75, 3.05) is 19.7 Å². The second-order valence-corrected chi connectivity index (χ2v) is 9.04. The van der Waals surface area contributed by atoms with Gasteiger partial charge < -0.3 is 14.5 Å². The van der Waals surface area contributed by atoms with Gasteiger partial charge in [-0.25, -0.2) is 0 Å². The molecule has 2 aliphatic rings. The number of piperidine rings is 1. The molecule has 32 heavy (non-hydrogen) atoms. The third-order valence-corrected chi connectivity index (χ3v) is 7.27. The van der Waals surface area contributed by atoms with Crippen molar-refractivity contribution < 1.29 is 13.9 Å². The lowest BCUT2D eigenvalue weighted by Gasteiger charge is -2.44. The summed E-state index contributed by atoms with van der Waals surface area (Å²) in [5, 5.41) is 4.42. The van der Waals surface area contributed by atoms with Crippen LogP contribution in [0.25, 0.3) is 11.0 Å². The summed E-state index contributed by atoms with van der Waals surface area (Å²) in [7, 11) is 0. The Morgan fingerprint density at radius 2 is 1.88 bits per heavy atom. The Bertz CT molecular complexity index is 1060. The molecule has 2 atom stereocenters. The molecule has 5 nitrogen and oxygen atoms in total. The maximum atomic E-state index is 12.3. The van der Waals surface area contributed by atoms with E-state index in [9.17, 15) is 4.79 Å². The SMILES string of the molecule is CCO[C@H]1[C@H](NC(=O)CC)c2ccccc2C12CCN(Cc1cc3ccccc3o1)CC2. The number of likely N-dealkylation sites (tertiary alicyclic amines) is 1. The molecule has 0 saturated carbocycles. The molecule has 1 amide bonds. The first-order chi connectivity index (χ1) is 15.6. The van der Waals surface area contributed by atoms with E-state index in [1.807, 2.05) is 32.0 Å². The number of ether oxygens (including phenoxy) is 1. The molecule has 2 heterocycles. The summed E-state index contributed by atoms with van der Waals surface area (Å²) in [5.41, 5.74) is 3.45. The number of benzene rings is 2. The fraction of sp³-hybridized carbons (Fsp3) is 0.444. The molecular formula is C27H32N2O3. The average molecular weight is 433 g/mol. The highest BCUT2D eigenvalue weighted by atomic mass is 16.5. The Labute approximate surface area is 189 Å². The van der Waals surface area contributed by atoms with Gasteiger partial charge in [-0.3, -0.25) is 9.69 Å². The van der Waals surface area contributed by atoms with Crippen LogP contribution in [-0.4, -0.2) is 36.6 Å². The fourth-order valence-corrected chi connectivity index (χ4v) is 5.72. The first kappa shape index (κ1) is 21.2. The van der Waals surface area contributed by atoms with Gasteiger partial charge >= 0.3 is 0 Å². The lowest BCUT2D eigenvalue weighted by molar-refractivity contribution is -0.123. The van der Waals surface area contributed by atoms with Crippen LogP contribution >= 0.6 is 0 Å². The van der Waals surface area contributed by atoms with Gasteiger partial charge in [0.25, 0.3) is 0 Å². The molecule has 1 fully saturated rings. The molecule has 1 N–H and O–H groups in total. The summed E-state index contributed by atoms with van der Waals surface area (Å²) in [4.78, 5) is 14.8. The van der Waals surface area contributed by atoms with Crippen LogP contribution in [0.3, 0.4) is 0 Å². The smallest absolute Gasteiger partial charge is 0.220 e. The Hall–Kier alpha value is -2.63. The molecule has 0 bridgehead atoms. The highest BCUT2D eigenvalue weighted by Crippen LogP contribution is 2.52. The predicted molar refractivity (Wildman–Crippen MR) is 125 cm³/mol. The van der Waals surface area contributed by atoms with Crippen LogP contribution in [0.2, 0.25) is 0 Å². The zero-order valence-corrected chi connectivity index (χ0v) is 19.0. The van der Waals surface area contributed by atoms with Gasteiger partial charge in [0.15, 0.2) is 0 Å². The van der Waals surface area contributed by atoms with Crippen LogP contribution in [0.15, 0.2) is 59.0 Å². The molecule has 5 rings (SSSR count). The number of nitrogens with one attached hydrogen (secondary N) is 1. The minimum Gasteiger partial charge on any atom is -0.460 e. The summed E-state index contributed by atoms with van der Waals surface area (Å²) in [6, 6.07) is 18.9. The van der Waals surface area contributed by atoms with Gasteiger partial charge in [-0.05, 0) is 56.1 Å². The number of furan rings is 1. The number of carbonyl (C=O) groups is 1. The lowest BCUT2D eigenvalue weighted by atomic mass is 9.72. The number of rotatable bonds is 6. The van der Waals surface area contributed by atoms with Gasteiger partial charge in [-0.15, -0.1) is 0 Å². The van der Waals surface area contributed by atoms with E-state index in [1.54, 1.807) is 0 Å². The Morgan fingerprint density at radius 1 is 1.12 bits per heavy atom. The van der Waals surface area contributed by atoms with E-state index in [4.69, 9.17) is 9.15 Å². The number of fused-ring (bicyclic) bond motifs is 3. The number of amides is 1. The van der Waals surface area contributed by atoms with Gasteiger partial charge in [-0.1, -0.05) is 49.4 Å². The van der Waals surface area contributed by atoms with Gasteiger partial charge in [-0.2, -0.15) is 0 Å². The lowest BCUT2D eigenvalue weighted by Crippen LogP contribution is -2.50. The average Bonchev–Trinajstić information content (AvgIpc) is 3.33. The summed E-state index contributed by atoms with van der Waals surface area (Å²) in [5.74, 6) is 1.09. The van der Waals surface area contributed by atoms with Crippen LogP contribution in [0.1, 0.15) is 56.0 Å². The Kier molecular flexibility index (Phi) is 5.78. The van der Waals surface area contributed by atoms with Crippen molar-refractivity contribution in [2.24, 2.45) is 0 Å². The van der Waals surface area contributed by atoms with E-state index < -0.39 is 0 Å². The second-order valence-electron chi connectivity index (χ2n) is 9.04. The topological polar surface area (TPSA) is 54.7 Å². The molecule has 5 heteroatoms. The van der Waals surface area contributed by atoms with Crippen LogP contribution < -0.4 is 5.32 Å². The fourth-order valence-electron chi connectivity index (χ4n) is 5.72. The highest BCUT2D eigenvalue weighted by molar-refractivity contribution is 5.77. The first-order valence-corrected chi connectivity index (χ1v) is 11.8. The molecule has 2 aromatic carbocycles. The second kappa shape index (κ2) is 8.72. The highest BCUT2D eigenvalue weighted by Gasteiger charge is 2.54. The van der Waals surface area contributed by atoms with Gasteiger partial charge in [0.1, 0.15) is 11.3 Å². The molecule has 1 saturated heterocycles. The largest absolute Gasteiger partial charge is 0.460 e. The van der Waals surface area contributed by atoms with E-state index in [-0.39, 0.29) is 23.5 Å². The standard InChI is InChI=1S/C27H32N2O3/c1-3-24(30)28-25-21-10-6-7-11-22(21)27(26(25)31-4-2)13-15-29(16-14-27)18-20-17-19-9-5-8-12-23(19)32-20/h5-12,17,25-26H,3-4,13-16,18H2,1-2H3,(H,28,30)/t25-,26+/m1/s1. The predicted octanol–water partition coefficient (Wildman–Crippen LogP) is 4.95. The van der Waals surface area contributed by atoms with Crippen molar-refractivity contribution in [1.29, 1.82) is 0 Å². The minimum atomic E-state index is -0.0828. The number of nitrogens with zero attached hydrogens (tertiary/aromatic N) is 1. The third kappa shape index (κ3) is 3.63. The molecule has 1 aliphatic heterocycles. The molecule has 1 aromatic heterocycles. The monoisotopic (exact) mass is 432 g/mol. The van der Waals surface area contributed by atoms with Crippen LogP contribution in [0.4, 0.5) is 0 Å². The third-order valence-electron chi connectivity index (χ3n) is 7.27. The summed E-state index contributed by atoms with van der Waals surface area (Å²) >= 11 is 0. The van der Waals surface area contributed by atoms with E-state index in [0.717, 1.165) is 49.2 Å². The zero-order chi connectivity index (χ0) is 22.1. The molecule has 0 radical (unpaired) electrons. The van der Waals surface area contributed by atoms with Crippen molar-refractivity contribution in [2.45, 2.75) is 57.2 Å². The van der Waals surface area contributed by atoms with Crippen molar-refractivity contribution >= 4 is 16.9 Å². The van der Waals surface area contributed by atoms with Crippen molar-refractivity contribution in [1.82, 2.24) is 10.2 Å². The van der Waals surface area contributed by atoms with Crippen LogP contribution in [0, 0.1) is 0 Å². The van der Waals surface area contributed by atoms with Crippen LogP contribution in [0.5, 0.6) is 0 Å². The number of hydrogen-bond acceptors (Lipinski definition) is 4. The molecular weight excluding hydrogens is 400 g/mol. The molecule has 1 spiro atoms. The zero-order valence-electron chi connectivity index (χ0n) is 19.0. The Balaban J connectivity index is 1.38. The number of hydrogen-bond donors (Lipinski definition) is 1. The molecule has 0 unspecified atom stereocenters. The quantitative estimate of drug-likeness (QED) is 0.599. The van der Waals surface area contributed by atoms with Gasteiger partial charge in [0.2, 0.25) is 5.91 Å². The Morgan fingerprint density at radius 3 is 2.62 bits per heavy atom. The van der Waals surface area contributed by atoms with Gasteiger partial charge in [0.05, 0.1) is 18.7 Å². The minimum absolute atomic E-state index is 0.0336. The molecule has 3 aromatic rings. The molecule has 1 aliphatic carbocycles. The van der Waals surface area contributed by atoms with Gasteiger partial charge in [0, 0.05) is 23.8 Å². The number of carbonyl (C=O) groups excluding carboxylic acids is 1. The van der Waals surface area contributed by atoms with E-state index in [2.05, 4.69) is 46.6 Å². The van der Waals surface area contributed by atoms with Crippen LogP contribution in [-0.2, 0) is 21.5 Å². The number of para-hydroxylation sites is 1. The van der Waals surface area contributed by atoms with E-state index in [0.29, 0.717) is 13.0 Å². The maximum Gasteiger partial charge on any atom is 0.220 e. The van der Waals surface area contributed by atoms with Crippen molar-refractivity contribution in [3.63, 3.8) is 0 Å². The normalized spacial score (nSPS) is 22.3. The van der Waals surface area contributed by atoms with Crippen molar-refractivity contribution in [3.8, 4) is 0 Å². The molecule has 168 valence electrons.